The zero-order valence-electron chi connectivity index (χ0n) is 17.1. The molecule has 0 bridgehead atoms. The molecule has 1 heterocycles. The van der Waals surface area contributed by atoms with E-state index in [1.807, 2.05) is 0 Å². The fraction of sp³-hybridized carbons (Fsp3) is 0.231. The van der Waals surface area contributed by atoms with Gasteiger partial charge in [-0.05, 0) is 54.4 Å². The van der Waals surface area contributed by atoms with Crippen LogP contribution in [0.4, 0.5) is 5.69 Å². The Balaban J connectivity index is 1.93. The molecule has 0 saturated heterocycles. The Bertz CT molecular complexity index is 1220. The van der Waals surface area contributed by atoms with E-state index in [9.17, 15) is 0 Å². The zero-order chi connectivity index (χ0) is 20.0. The van der Waals surface area contributed by atoms with E-state index in [0.29, 0.717) is 13.2 Å². The normalized spacial score (nSPS) is 13.6. The van der Waals surface area contributed by atoms with E-state index in [-0.39, 0.29) is 5.54 Å². The Labute approximate surface area is 171 Å². The Morgan fingerprint density at radius 1 is 0.724 bits per heavy atom. The second-order valence-corrected chi connectivity index (χ2v) is 8.58. The number of hydrogen-bond acceptors (Lipinski definition) is 3. The number of benzene rings is 4. The highest BCUT2D eigenvalue weighted by Gasteiger charge is 2.25. The average Bonchev–Trinajstić information content (AvgIpc) is 2.71. The van der Waals surface area contributed by atoms with Crippen LogP contribution in [0.15, 0.2) is 66.7 Å². The highest BCUT2D eigenvalue weighted by atomic mass is 16.6. The van der Waals surface area contributed by atoms with Crippen molar-refractivity contribution in [2.24, 2.45) is 0 Å². The molecule has 0 unspecified atom stereocenters. The van der Waals surface area contributed by atoms with Crippen molar-refractivity contribution in [2.45, 2.75) is 26.3 Å². The van der Waals surface area contributed by atoms with E-state index < -0.39 is 0 Å². The maximum atomic E-state index is 6.20. The van der Waals surface area contributed by atoms with Crippen LogP contribution in [-0.4, -0.2) is 18.8 Å². The van der Waals surface area contributed by atoms with Crippen molar-refractivity contribution in [3.63, 3.8) is 0 Å². The number of hydrogen-bond donors (Lipinski definition) is 1. The minimum Gasteiger partial charge on any atom is -0.486 e. The first kappa shape index (κ1) is 17.9. The molecule has 0 radical (unpaired) electrons. The van der Waals surface area contributed by atoms with Crippen molar-refractivity contribution < 1.29 is 9.47 Å². The SMILES string of the molecule is CC(C)(C)Nc1ccc2ccccc2c1-c1c2c(cc3ccccc13)OCCO2. The van der Waals surface area contributed by atoms with E-state index in [2.05, 4.69) is 92.8 Å². The molecular formula is C26H25NO2. The van der Waals surface area contributed by atoms with Gasteiger partial charge in [-0.3, -0.25) is 0 Å². The lowest BCUT2D eigenvalue weighted by Gasteiger charge is -2.28. The molecule has 1 aliphatic rings. The van der Waals surface area contributed by atoms with Crippen LogP contribution < -0.4 is 14.8 Å². The number of fused-ring (bicyclic) bond motifs is 3. The summed E-state index contributed by atoms with van der Waals surface area (Å²) in [5.74, 6) is 1.66. The van der Waals surface area contributed by atoms with E-state index in [0.717, 1.165) is 33.7 Å². The van der Waals surface area contributed by atoms with Crippen LogP contribution in [0.2, 0.25) is 0 Å². The quantitative estimate of drug-likeness (QED) is 0.421. The summed E-state index contributed by atoms with van der Waals surface area (Å²) in [7, 11) is 0. The Kier molecular flexibility index (Phi) is 4.13. The number of ether oxygens (including phenoxy) is 2. The smallest absolute Gasteiger partial charge is 0.169 e. The van der Waals surface area contributed by atoms with Crippen molar-refractivity contribution in [2.75, 3.05) is 18.5 Å². The molecule has 5 rings (SSSR count). The molecule has 0 amide bonds. The monoisotopic (exact) mass is 383 g/mol. The second-order valence-electron chi connectivity index (χ2n) is 8.58. The fourth-order valence-electron chi connectivity index (χ4n) is 4.15. The summed E-state index contributed by atoms with van der Waals surface area (Å²) in [6.07, 6.45) is 0. The Morgan fingerprint density at radius 2 is 1.38 bits per heavy atom. The minimum atomic E-state index is -0.0702. The summed E-state index contributed by atoms with van der Waals surface area (Å²) in [5, 5.41) is 8.45. The summed E-state index contributed by atoms with van der Waals surface area (Å²) in [5.41, 5.74) is 3.29. The van der Waals surface area contributed by atoms with Crippen LogP contribution in [0.3, 0.4) is 0 Å². The predicted molar refractivity (Wildman–Crippen MR) is 121 cm³/mol. The third kappa shape index (κ3) is 3.17. The van der Waals surface area contributed by atoms with Gasteiger partial charge in [0.1, 0.15) is 13.2 Å². The molecule has 4 aromatic rings. The lowest BCUT2D eigenvalue weighted by Crippen LogP contribution is -2.26. The Hall–Kier alpha value is -3.20. The van der Waals surface area contributed by atoms with Crippen molar-refractivity contribution in [1.82, 2.24) is 0 Å². The van der Waals surface area contributed by atoms with Gasteiger partial charge in [0.25, 0.3) is 0 Å². The van der Waals surface area contributed by atoms with Gasteiger partial charge in [-0.2, -0.15) is 0 Å². The molecule has 3 nitrogen and oxygen atoms in total. The first-order valence-electron chi connectivity index (χ1n) is 10.1. The second kappa shape index (κ2) is 6.70. The Morgan fingerprint density at radius 3 is 2.14 bits per heavy atom. The molecular weight excluding hydrogens is 358 g/mol. The lowest BCUT2D eigenvalue weighted by molar-refractivity contribution is 0.173. The molecule has 0 atom stereocenters. The molecule has 0 aromatic heterocycles. The molecule has 0 saturated carbocycles. The maximum absolute atomic E-state index is 6.20. The van der Waals surface area contributed by atoms with Crippen LogP contribution in [-0.2, 0) is 0 Å². The van der Waals surface area contributed by atoms with Gasteiger partial charge in [0.2, 0.25) is 0 Å². The predicted octanol–water partition coefficient (Wildman–Crippen LogP) is 6.64. The van der Waals surface area contributed by atoms with Crippen LogP contribution in [0, 0.1) is 0 Å². The number of nitrogens with one attached hydrogen (secondary N) is 1. The van der Waals surface area contributed by atoms with Gasteiger partial charge >= 0.3 is 0 Å². The van der Waals surface area contributed by atoms with E-state index in [4.69, 9.17) is 9.47 Å². The minimum absolute atomic E-state index is 0.0702. The molecule has 1 aliphatic heterocycles. The van der Waals surface area contributed by atoms with Gasteiger partial charge < -0.3 is 14.8 Å². The van der Waals surface area contributed by atoms with E-state index in [1.54, 1.807) is 0 Å². The van der Waals surface area contributed by atoms with Gasteiger partial charge in [-0.1, -0.05) is 54.6 Å². The molecule has 146 valence electrons. The molecule has 0 spiro atoms. The average molecular weight is 383 g/mol. The molecule has 3 heteroatoms. The van der Waals surface area contributed by atoms with Gasteiger partial charge in [-0.15, -0.1) is 0 Å². The van der Waals surface area contributed by atoms with Crippen molar-refractivity contribution in [1.29, 1.82) is 0 Å². The van der Waals surface area contributed by atoms with Crippen LogP contribution in [0.1, 0.15) is 20.8 Å². The zero-order valence-corrected chi connectivity index (χ0v) is 17.1. The summed E-state index contributed by atoms with van der Waals surface area (Å²) >= 11 is 0. The van der Waals surface area contributed by atoms with Gasteiger partial charge in [0.15, 0.2) is 11.5 Å². The van der Waals surface area contributed by atoms with Crippen molar-refractivity contribution in [3.8, 4) is 22.6 Å². The molecule has 0 fully saturated rings. The van der Waals surface area contributed by atoms with Crippen LogP contribution in [0.25, 0.3) is 32.7 Å². The third-order valence-electron chi connectivity index (χ3n) is 5.24. The van der Waals surface area contributed by atoms with Crippen molar-refractivity contribution >= 4 is 27.2 Å². The molecule has 29 heavy (non-hydrogen) atoms. The van der Waals surface area contributed by atoms with Gasteiger partial charge in [-0.25, -0.2) is 0 Å². The van der Waals surface area contributed by atoms with Crippen molar-refractivity contribution in [3.05, 3.63) is 66.7 Å². The highest BCUT2D eigenvalue weighted by Crippen LogP contribution is 2.49. The lowest BCUT2D eigenvalue weighted by atomic mass is 9.90. The fourth-order valence-corrected chi connectivity index (χ4v) is 4.15. The molecule has 0 aliphatic carbocycles. The van der Waals surface area contributed by atoms with Crippen LogP contribution >= 0.6 is 0 Å². The van der Waals surface area contributed by atoms with E-state index in [1.165, 1.54) is 16.2 Å². The summed E-state index contributed by atoms with van der Waals surface area (Å²) in [4.78, 5) is 0. The third-order valence-corrected chi connectivity index (χ3v) is 5.24. The van der Waals surface area contributed by atoms with Gasteiger partial charge in [0.05, 0.1) is 0 Å². The summed E-state index contributed by atoms with van der Waals surface area (Å²) < 4.78 is 12.2. The number of rotatable bonds is 2. The summed E-state index contributed by atoms with van der Waals surface area (Å²) in [6, 6.07) is 23.5. The summed E-state index contributed by atoms with van der Waals surface area (Å²) in [6.45, 7) is 7.69. The largest absolute Gasteiger partial charge is 0.486 e. The molecule has 4 aromatic carbocycles. The first-order chi connectivity index (χ1) is 14.0. The molecule has 1 N–H and O–H groups in total. The first-order valence-corrected chi connectivity index (χ1v) is 10.1. The van der Waals surface area contributed by atoms with Gasteiger partial charge in [0, 0.05) is 22.4 Å². The topological polar surface area (TPSA) is 30.5 Å². The van der Waals surface area contributed by atoms with Crippen LogP contribution in [0.5, 0.6) is 11.5 Å². The highest BCUT2D eigenvalue weighted by molar-refractivity contribution is 6.12. The standard InChI is InChI=1S/C26H25NO2/c1-26(2,3)27-21-13-12-17-8-4-6-10-19(17)23(21)24-20-11-7-5-9-18(20)16-22-25(24)29-15-14-28-22/h4-13,16,27H,14-15H2,1-3H3. The maximum Gasteiger partial charge on any atom is 0.169 e. The van der Waals surface area contributed by atoms with E-state index >= 15 is 0 Å². The number of anilines is 1.